The molecule has 1 atom stereocenters. The van der Waals surface area contributed by atoms with Crippen LogP contribution in [-0.4, -0.2) is 37.9 Å². The van der Waals surface area contributed by atoms with Gasteiger partial charge in [-0.1, -0.05) is 39.5 Å². The second-order valence-corrected chi connectivity index (χ2v) is 9.04. The van der Waals surface area contributed by atoms with Gasteiger partial charge in [0.05, 0.1) is 5.69 Å². The molecule has 2 heterocycles. The molecule has 9 heteroatoms. The molecule has 0 radical (unpaired) electrons. The van der Waals surface area contributed by atoms with Crippen LogP contribution < -0.4 is 16.0 Å². The van der Waals surface area contributed by atoms with Gasteiger partial charge in [-0.3, -0.25) is 4.79 Å². The second-order valence-electron chi connectivity index (χ2n) is 9.04. The third-order valence-electron chi connectivity index (χ3n) is 5.45. The van der Waals surface area contributed by atoms with Gasteiger partial charge in [0.25, 0.3) is 0 Å². The minimum atomic E-state index is -1.17. The average molecular weight is 463 g/mol. The number of nitrogens with one attached hydrogen (secondary N) is 3. The quantitative estimate of drug-likeness (QED) is 0.353. The number of hydrogen-bond acceptors (Lipinski definition) is 6. The van der Waals surface area contributed by atoms with E-state index in [0.29, 0.717) is 29.6 Å². The van der Waals surface area contributed by atoms with Crippen LogP contribution in [0.3, 0.4) is 0 Å². The van der Waals surface area contributed by atoms with Crippen molar-refractivity contribution in [1.82, 2.24) is 20.1 Å². The molecular formula is C25H30N6O3. The molecule has 3 rings (SSSR count). The summed E-state index contributed by atoms with van der Waals surface area (Å²) in [5.41, 5.74) is 3.22. The van der Waals surface area contributed by atoms with E-state index < -0.39 is 6.09 Å². The number of anilines is 3. The number of nitrogens with zero attached hydrogens (tertiary/aromatic N) is 3. The number of benzene rings is 1. The van der Waals surface area contributed by atoms with Crippen molar-refractivity contribution in [3.8, 4) is 11.3 Å². The smallest absolute Gasteiger partial charge is 0.432 e. The van der Waals surface area contributed by atoms with Gasteiger partial charge in [-0.2, -0.15) is 4.68 Å². The predicted octanol–water partition coefficient (Wildman–Crippen LogP) is 4.86. The van der Waals surface area contributed by atoms with E-state index in [1.807, 2.05) is 30.3 Å². The van der Waals surface area contributed by atoms with Gasteiger partial charge in [-0.25, -0.2) is 9.78 Å². The zero-order valence-electron chi connectivity index (χ0n) is 19.8. The summed E-state index contributed by atoms with van der Waals surface area (Å²) in [5.74, 6) is 0.588. The molecule has 0 saturated heterocycles. The maximum absolute atomic E-state index is 11.7. The topological polar surface area (TPSA) is 121 Å². The Labute approximate surface area is 198 Å². The van der Waals surface area contributed by atoms with Crippen LogP contribution in [0.25, 0.3) is 11.3 Å². The summed E-state index contributed by atoms with van der Waals surface area (Å²) in [5, 5.41) is 22.5. The molecule has 34 heavy (non-hydrogen) atoms. The van der Waals surface area contributed by atoms with Crippen molar-refractivity contribution in [3.05, 3.63) is 66.9 Å². The fourth-order valence-corrected chi connectivity index (χ4v) is 3.06. The Balaban J connectivity index is 1.94. The summed E-state index contributed by atoms with van der Waals surface area (Å²) >= 11 is 0. The molecule has 2 aromatic heterocycles. The molecule has 1 amide bonds. The maximum Gasteiger partial charge on any atom is 0.432 e. The molecule has 0 aliphatic heterocycles. The number of carboxylic acid groups (broad SMARTS) is 1. The van der Waals surface area contributed by atoms with E-state index in [2.05, 4.69) is 55.3 Å². The first kappa shape index (κ1) is 24.7. The minimum Gasteiger partial charge on any atom is -0.463 e. The summed E-state index contributed by atoms with van der Waals surface area (Å²) in [6.07, 6.45) is 1.40. The Morgan fingerprint density at radius 3 is 2.59 bits per heavy atom. The van der Waals surface area contributed by atoms with Crippen LogP contribution in [0.15, 0.2) is 61.3 Å². The first-order valence-corrected chi connectivity index (χ1v) is 10.9. The fraction of sp³-hybridized carbons (Fsp3) is 0.280. The normalized spacial score (nSPS) is 12.1. The first-order chi connectivity index (χ1) is 16.0. The van der Waals surface area contributed by atoms with Crippen LogP contribution in [0.1, 0.15) is 33.3 Å². The Morgan fingerprint density at radius 2 is 1.94 bits per heavy atom. The lowest BCUT2D eigenvalue weighted by molar-refractivity contribution is -0.111. The number of carbonyl (C=O) groups is 2. The van der Waals surface area contributed by atoms with Crippen LogP contribution in [0, 0.1) is 5.41 Å². The highest BCUT2D eigenvalue weighted by atomic mass is 16.4. The third-order valence-corrected chi connectivity index (χ3v) is 5.45. The van der Waals surface area contributed by atoms with Gasteiger partial charge in [-0.05, 0) is 48.2 Å². The summed E-state index contributed by atoms with van der Waals surface area (Å²) < 4.78 is 0.825. The van der Waals surface area contributed by atoms with E-state index >= 15 is 0 Å². The third kappa shape index (κ3) is 6.52. The van der Waals surface area contributed by atoms with E-state index in [9.17, 15) is 9.59 Å². The highest BCUT2D eigenvalue weighted by Crippen LogP contribution is 2.26. The number of carbonyl (C=O) groups excluding carboxylic acids is 1. The Bertz CT molecular complexity index is 1200. The molecule has 1 aromatic carbocycles. The molecule has 1 unspecified atom stereocenters. The summed E-state index contributed by atoms with van der Waals surface area (Å²) in [4.78, 5) is 27.5. The SMILES string of the molecule is C=CC(=O)Nc1cccc(-c2cc(CNC(C)C(C)(C)C)cc(Nc3ccn(C(=O)O)n3)n2)c1. The van der Waals surface area contributed by atoms with E-state index in [1.54, 1.807) is 12.1 Å². The number of aromatic nitrogens is 3. The first-order valence-electron chi connectivity index (χ1n) is 10.9. The van der Waals surface area contributed by atoms with Gasteiger partial charge in [0.1, 0.15) is 5.82 Å². The minimum absolute atomic E-state index is 0.0955. The molecule has 0 spiro atoms. The standard InChI is InChI=1S/C25H30N6O3/c1-6-23(32)27-19-9-7-8-18(14-19)20-12-17(15-26-16(2)25(3,4)5)13-22(28-20)29-21-10-11-31(30-21)24(33)34/h6-14,16,26H,1,15H2,2-5H3,(H,27,32)(H,33,34)(H,28,29,30). The molecule has 4 N–H and O–H groups in total. The molecule has 0 aliphatic rings. The maximum atomic E-state index is 11.7. The number of amides is 1. The van der Waals surface area contributed by atoms with Gasteiger partial charge in [0, 0.05) is 36.1 Å². The van der Waals surface area contributed by atoms with Gasteiger partial charge in [-0.15, -0.1) is 5.10 Å². The molecule has 3 aromatic rings. The molecule has 0 fully saturated rings. The lowest BCUT2D eigenvalue weighted by Crippen LogP contribution is -2.37. The van der Waals surface area contributed by atoms with Crippen molar-refractivity contribution >= 4 is 29.3 Å². The van der Waals surface area contributed by atoms with Gasteiger partial charge in [0.15, 0.2) is 5.82 Å². The molecule has 178 valence electrons. The highest BCUT2D eigenvalue weighted by molar-refractivity contribution is 5.99. The number of hydrogen-bond donors (Lipinski definition) is 4. The summed E-state index contributed by atoms with van der Waals surface area (Å²) in [6.45, 7) is 12.8. The van der Waals surface area contributed by atoms with E-state index in [1.165, 1.54) is 12.3 Å². The molecule has 9 nitrogen and oxygen atoms in total. The van der Waals surface area contributed by atoms with Crippen LogP contribution in [-0.2, 0) is 11.3 Å². The summed E-state index contributed by atoms with van der Waals surface area (Å²) in [6, 6.07) is 13.1. The predicted molar refractivity (Wildman–Crippen MR) is 133 cm³/mol. The van der Waals surface area contributed by atoms with Crippen LogP contribution in [0.5, 0.6) is 0 Å². The Morgan fingerprint density at radius 1 is 1.18 bits per heavy atom. The molecule has 0 aliphatic carbocycles. The molecule has 0 bridgehead atoms. The second kappa shape index (κ2) is 10.3. The zero-order chi connectivity index (χ0) is 24.9. The van der Waals surface area contributed by atoms with E-state index in [4.69, 9.17) is 10.1 Å². The Hall–Kier alpha value is -3.98. The van der Waals surface area contributed by atoms with E-state index in [0.717, 1.165) is 15.8 Å². The lowest BCUT2D eigenvalue weighted by Gasteiger charge is -2.28. The van der Waals surface area contributed by atoms with Crippen molar-refractivity contribution in [3.63, 3.8) is 0 Å². The Kier molecular flexibility index (Phi) is 7.47. The van der Waals surface area contributed by atoms with Crippen molar-refractivity contribution in [1.29, 1.82) is 0 Å². The fourth-order valence-electron chi connectivity index (χ4n) is 3.06. The van der Waals surface area contributed by atoms with E-state index in [-0.39, 0.29) is 17.4 Å². The zero-order valence-corrected chi connectivity index (χ0v) is 19.8. The van der Waals surface area contributed by atoms with Crippen LogP contribution >= 0.6 is 0 Å². The van der Waals surface area contributed by atoms with Crippen LogP contribution in [0.4, 0.5) is 22.1 Å². The largest absolute Gasteiger partial charge is 0.463 e. The number of pyridine rings is 1. The van der Waals surface area contributed by atoms with Crippen molar-refractivity contribution in [2.45, 2.75) is 40.3 Å². The number of rotatable bonds is 8. The lowest BCUT2D eigenvalue weighted by atomic mass is 9.88. The van der Waals surface area contributed by atoms with Crippen molar-refractivity contribution in [2.24, 2.45) is 5.41 Å². The summed E-state index contributed by atoms with van der Waals surface area (Å²) in [7, 11) is 0. The molecular weight excluding hydrogens is 432 g/mol. The van der Waals surface area contributed by atoms with Crippen molar-refractivity contribution < 1.29 is 14.7 Å². The monoisotopic (exact) mass is 462 g/mol. The highest BCUT2D eigenvalue weighted by Gasteiger charge is 2.19. The molecule has 0 saturated carbocycles. The van der Waals surface area contributed by atoms with Crippen LogP contribution in [0.2, 0.25) is 0 Å². The van der Waals surface area contributed by atoms with Gasteiger partial charge >= 0.3 is 6.09 Å². The van der Waals surface area contributed by atoms with Gasteiger partial charge < -0.3 is 21.1 Å². The van der Waals surface area contributed by atoms with Gasteiger partial charge in [0.2, 0.25) is 5.91 Å². The average Bonchev–Trinajstić information content (AvgIpc) is 3.25. The van der Waals surface area contributed by atoms with Crippen molar-refractivity contribution in [2.75, 3.05) is 10.6 Å².